The Balaban J connectivity index is 3.01. The van der Waals surface area contributed by atoms with Crippen LogP contribution in [-0.4, -0.2) is 28.6 Å². The number of aliphatic carboxylic acids is 1. The number of hydrogen-bond acceptors (Lipinski definition) is 3. The van der Waals surface area contributed by atoms with Crippen LogP contribution in [-0.2, 0) is 4.79 Å². The predicted octanol–water partition coefficient (Wildman–Crippen LogP) is 3.89. The first-order valence-electron chi connectivity index (χ1n) is 7.63. The molecule has 21 heavy (non-hydrogen) atoms. The van der Waals surface area contributed by atoms with Gasteiger partial charge in [0.05, 0.1) is 0 Å². The number of carboxylic acids is 1. The number of pyridine rings is 1. The number of hydrogen-bond donors (Lipinski definition) is 1. The highest BCUT2D eigenvalue weighted by Gasteiger charge is 2.15. The fraction of sp³-hybridized carbons (Fsp3) is 0.529. The Morgan fingerprint density at radius 1 is 1.48 bits per heavy atom. The molecule has 4 nitrogen and oxygen atoms in total. The Morgan fingerprint density at radius 3 is 2.71 bits per heavy atom. The number of anilines is 1. The molecule has 0 amide bonds. The zero-order chi connectivity index (χ0) is 15.8. The lowest BCUT2D eigenvalue weighted by atomic mass is 10.1. The minimum absolute atomic E-state index is 0.447. The molecule has 1 unspecified atom stereocenters. The molecule has 1 atom stereocenters. The van der Waals surface area contributed by atoms with E-state index in [1.807, 2.05) is 13.0 Å². The number of carbonyl (C=O) groups is 1. The second-order valence-corrected chi connectivity index (χ2v) is 5.38. The van der Waals surface area contributed by atoms with E-state index in [9.17, 15) is 4.79 Å². The highest BCUT2D eigenvalue weighted by atomic mass is 16.4. The first kappa shape index (κ1) is 17.2. The molecule has 1 aromatic heterocycles. The lowest BCUT2D eigenvalue weighted by Gasteiger charge is -2.31. The van der Waals surface area contributed by atoms with Crippen LogP contribution in [0.25, 0.3) is 6.08 Å². The Bertz CT molecular complexity index is 498. The van der Waals surface area contributed by atoms with Crippen LogP contribution in [0.4, 0.5) is 5.82 Å². The van der Waals surface area contributed by atoms with E-state index >= 15 is 0 Å². The van der Waals surface area contributed by atoms with Crippen LogP contribution < -0.4 is 4.90 Å². The van der Waals surface area contributed by atoms with Crippen molar-refractivity contribution >= 4 is 17.9 Å². The van der Waals surface area contributed by atoms with Crippen LogP contribution >= 0.6 is 0 Å². The molecule has 0 spiro atoms. The van der Waals surface area contributed by atoms with E-state index < -0.39 is 5.97 Å². The molecule has 0 radical (unpaired) electrons. The van der Waals surface area contributed by atoms with Gasteiger partial charge in [-0.3, -0.25) is 0 Å². The summed E-state index contributed by atoms with van der Waals surface area (Å²) in [6.45, 7) is 9.62. The zero-order valence-corrected chi connectivity index (χ0v) is 13.5. The van der Waals surface area contributed by atoms with Crippen molar-refractivity contribution in [2.75, 3.05) is 11.4 Å². The normalized spacial score (nSPS) is 12.6. The molecule has 4 heteroatoms. The summed E-state index contributed by atoms with van der Waals surface area (Å²) in [4.78, 5) is 17.5. The van der Waals surface area contributed by atoms with Crippen molar-refractivity contribution in [3.8, 4) is 0 Å². The van der Waals surface area contributed by atoms with E-state index in [-0.39, 0.29) is 0 Å². The highest BCUT2D eigenvalue weighted by molar-refractivity contribution is 5.85. The summed E-state index contributed by atoms with van der Waals surface area (Å²) < 4.78 is 0. The summed E-state index contributed by atoms with van der Waals surface area (Å²) in [6.07, 6.45) is 7.83. The quantitative estimate of drug-likeness (QED) is 0.738. The van der Waals surface area contributed by atoms with Crippen LogP contribution in [0.15, 0.2) is 18.3 Å². The van der Waals surface area contributed by atoms with Gasteiger partial charge in [0.25, 0.3) is 0 Å². The van der Waals surface area contributed by atoms with Crippen molar-refractivity contribution in [2.24, 2.45) is 0 Å². The molecule has 0 aliphatic rings. The third-order valence-corrected chi connectivity index (χ3v) is 3.64. The molecule has 0 aliphatic carbocycles. The molecule has 1 N–H and O–H groups in total. The summed E-state index contributed by atoms with van der Waals surface area (Å²) in [5.74, 6) is 0.0613. The lowest BCUT2D eigenvalue weighted by molar-refractivity contribution is -0.131. The molecule has 0 saturated carbocycles. The molecule has 1 rings (SSSR count). The molecular weight excluding hydrogens is 264 g/mol. The molecular formula is C17H26N2O2. The summed E-state index contributed by atoms with van der Waals surface area (Å²) in [7, 11) is 0. The van der Waals surface area contributed by atoms with E-state index in [1.165, 1.54) is 0 Å². The topological polar surface area (TPSA) is 53.4 Å². The van der Waals surface area contributed by atoms with Crippen LogP contribution in [0, 0.1) is 6.92 Å². The van der Waals surface area contributed by atoms with Gasteiger partial charge in [-0.05, 0) is 50.0 Å². The number of rotatable bonds is 8. The Kier molecular flexibility index (Phi) is 6.92. The molecule has 0 saturated heterocycles. The van der Waals surface area contributed by atoms with Crippen LogP contribution in [0.1, 0.15) is 51.2 Å². The van der Waals surface area contributed by atoms with E-state index in [2.05, 4.69) is 30.7 Å². The fourth-order valence-electron chi connectivity index (χ4n) is 2.23. The van der Waals surface area contributed by atoms with Gasteiger partial charge in [0, 0.05) is 24.9 Å². The minimum atomic E-state index is -0.944. The van der Waals surface area contributed by atoms with Gasteiger partial charge in [-0.15, -0.1) is 0 Å². The van der Waals surface area contributed by atoms with Crippen LogP contribution in [0.5, 0.6) is 0 Å². The van der Waals surface area contributed by atoms with Gasteiger partial charge in [-0.2, -0.15) is 0 Å². The Hall–Kier alpha value is -1.84. The average Bonchev–Trinajstić information content (AvgIpc) is 2.46. The van der Waals surface area contributed by atoms with Gasteiger partial charge < -0.3 is 10.0 Å². The molecule has 0 aliphatic heterocycles. The van der Waals surface area contributed by atoms with Gasteiger partial charge in [0.2, 0.25) is 0 Å². The van der Waals surface area contributed by atoms with Gasteiger partial charge in [-0.1, -0.05) is 20.3 Å². The third kappa shape index (κ3) is 5.21. The van der Waals surface area contributed by atoms with E-state index in [4.69, 9.17) is 5.11 Å². The maximum Gasteiger partial charge on any atom is 0.328 e. The summed E-state index contributed by atoms with van der Waals surface area (Å²) in [5, 5.41) is 8.67. The van der Waals surface area contributed by atoms with Gasteiger partial charge >= 0.3 is 5.97 Å². The average molecular weight is 290 g/mol. The van der Waals surface area contributed by atoms with Crippen molar-refractivity contribution < 1.29 is 9.90 Å². The fourth-order valence-corrected chi connectivity index (χ4v) is 2.23. The minimum Gasteiger partial charge on any atom is -0.478 e. The standard InChI is InChI=1S/C17H26N2O2/c1-5-7-10-19(14(4)6-2)17-13(3)11-15(12-18-17)8-9-16(20)21/h8-9,11-12,14H,5-7,10H2,1-4H3,(H,20,21)/b9-8+. The van der Waals surface area contributed by atoms with Crippen LogP contribution in [0.3, 0.4) is 0 Å². The molecule has 0 bridgehead atoms. The third-order valence-electron chi connectivity index (χ3n) is 3.64. The Morgan fingerprint density at radius 2 is 2.19 bits per heavy atom. The number of aryl methyl sites for hydroxylation is 1. The number of carboxylic acid groups (broad SMARTS) is 1. The molecule has 1 aromatic rings. The smallest absolute Gasteiger partial charge is 0.328 e. The first-order valence-corrected chi connectivity index (χ1v) is 7.63. The van der Waals surface area contributed by atoms with Crippen molar-refractivity contribution in [1.82, 2.24) is 4.98 Å². The summed E-state index contributed by atoms with van der Waals surface area (Å²) >= 11 is 0. The van der Waals surface area contributed by atoms with Gasteiger partial charge in [0.15, 0.2) is 0 Å². The number of unbranched alkanes of at least 4 members (excludes halogenated alkanes) is 1. The maximum absolute atomic E-state index is 10.6. The zero-order valence-electron chi connectivity index (χ0n) is 13.5. The number of nitrogens with zero attached hydrogens (tertiary/aromatic N) is 2. The van der Waals surface area contributed by atoms with Crippen LogP contribution in [0.2, 0.25) is 0 Å². The monoisotopic (exact) mass is 290 g/mol. The van der Waals surface area contributed by atoms with Crippen molar-refractivity contribution in [3.05, 3.63) is 29.5 Å². The van der Waals surface area contributed by atoms with Crippen molar-refractivity contribution in [1.29, 1.82) is 0 Å². The summed E-state index contributed by atoms with van der Waals surface area (Å²) in [5.41, 5.74) is 1.90. The second kappa shape index (κ2) is 8.45. The van der Waals surface area contributed by atoms with Crippen molar-refractivity contribution in [2.45, 2.75) is 53.0 Å². The van der Waals surface area contributed by atoms with E-state index in [1.54, 1.807) is 12.3 Å². The largest absolute Gasteiger partial charge is 0.478 e. The Labute approximate surface area is 127 Å². The summed E-state index contributed by atoms with van der Waals surface area (Å²) in [6, 6.07) is 2.44. The number of aromatic nitrogens is 1. The first-order chi connectivity index (χ1) is 9.99. The maximum atomic E-state index is 10.6. The highest BCUT2D eigenvalue weighted by Crippen LogP contribution is 2.22. The van der Waals surface area contributed by atoms with E-state index in [0.717, 1.165) is 48.8 Å². The van der Waals surface area contributed by atoms with Crippen molar-refractivity contribution in [3.63, 3.8) is 0 Å². The molecule has 1 heterocycles. The molecule has 0 aromatic carbocycles. The predicted molar refractivity (Wildman–Crippen MR) is 87.7 cm³/mol. The molecule has 116 valence electrons. The van der Waals surface area contributed by atoms with Gasteiger partial charge in [-0.25, -0.2) is 9.78 Å². The SMILES string of the molecule is CCCCN(c1ncc(/C=C/C(=O)O)cc1C)C(C)CC. The second-order valence-electron chi connectivity index (χ2n) is 5.38. The van der Waals surface area contributed by atoms with Gasteiger partial charge in [0.1, 0.15) is 5.82 Å². The van der Waals surface area contributed by atoms with E-state index in [0.29, 0.717) is 6.04 Å². The lowest BCUT2D eigenvalue weighted by Crippen LogP contribution is -2.34. The molecule has 0 fully saturated rings.